The highest BCUT2D eigenvalue weighted by Crippen LogP contribution is 2.20. The Labute approximate surface area is 86.0 Å². The van der Waals surface area contributed by atoms with Crippen LogP contribution in [0.1, 0.15) is 5.56 Å². The number of benzene rings is 1. The summed E-state index contributed by atoms with van der Waals surface area (Å²) in [6, 6.07) is 4.93. The summed E-state index contributed by atoms with van der Waals surface area (Å²) < 4.78 is 0. The minimum atomic E-state index is 0.307. The molecule has 1 rings (SSSR count). The van der Waals surface area contributed by atoms with Crippen LogP contribution < -0.4 is 5.48 Å². The number of hydrogen-bond donors (Lipinski definition) is 2. The smallest absolute Gasteiger partial charge is 0.153 e. The van der Waals surface area contributed by atoms with Crippen molar-refractivity contribution in [3.8, 4) is 0 Å². The Hall–Kier alpha value is -0.770. The van der Waals surface area contributed by atoms with Crippen LogP contribution in [0.3, 0.4) is 0 Å². The van der Waals surface area contributed by atoms with E-state index in [1.807, 2.05) is 5.48 Å². The van der Waals surface area contributed by atoms with E-state index < -0.39 is 0 Å². The Bertz CT molecular complexity index is 339. The van der Waals surface area contributed by atoms with Crippen molar-refractivity contribution in [3.63, 3.8) is 0 Å². The van der Waals surface area contributed by atoms with E-state index in [2.05, 4.69) is 4.99 Å². The van der Waals surface area contributed by atoms with Gasteiger partial charge in [0.15, 0.2) is 5.84 Å². The Morgan fingerprint density at radius 1 is 1.46 bits per heavy atom. The quantitative estimate of drug-likeness (QED) is 0.432. The molecule has 0 spiro atoms. The van der Waals surface area contributed by atoms with Crippen LogP contribution >= 0.6 is 23.2 Å². The minimum Gasteiger partial charge on any atom is -0.290 e. The van der Waals surface area contributed by atoms with Gasteiger partial charge in [0, 0.05) is 17.6 Å². The number of nitrogens with one attached hydrogen (secondary N) is 1. The van der Waals surface area contributed by atoms with Crippen molar-refractivity contribution < 1.29 is 5.21 Å². The SMILES string of the molecule is CN=C(NO)c1ccc(Cl)cc1Cl. The van der Waals surface area contributed by atoms with E-state index in [0.29, 0.717) is 21.4 Å². The maximum atomic E-state index is 8.70. The highest BCUT2D eigenvalue weighted by Gasteiger charge is 2.06. The summed E-state index contributed by atoms with van der Waals surface area (Å²) >= 11 is 11.6. The molecule has 0 amide bonds. The molecule has 0 aromatic heterocycles. The van der Waals surface area contributed by atoms with E-state index >= 15 is 0 Å². The average Bonchev–Trinajstić information content (AvgIpc) is 2.10. The molecule has 1 aromatic carbocycles. The molecule has 0 bridgehead atoms. The fraction of sp³-hybridized carbons (Fsp3) is 0.125. The zero-order valence-electron chi connectivity index (χ0n) is 6.88. The van der Waals surface area contributed by atoms with Crippen LogP contribution in [0.5, 0.6) is 0 Å². The largest absolute Gasteiger partial charge is 0.290 e. The first kappa shape index (κ1) is 10.3. The third-order valence-corrected chi connectivity index (χ3v) is 2.06. The third-order valence-electron chi connectivity index (χ3n) is 1.52. The zero-order valence-corrected chi connectivity index (χ0v) is 8.39. The molecule has 3 nitrogen and oxygen atoms in total. The maximum absolute atomic E-state index is 8.70. The van der Waals surface area contributed by atoms with Crippen LogP contribution in [0.15, 0.2) is 23.2 Å². The molecule has 1 aromatic rings. The predicted octanol–water partition coefficient (Wildman–Crippen LogP) is 2.35. The van der Waals surface area contributed by atoms with Gasteiger partial charge in [0.05, 0.1) is 5.02 Å². The van der Waals surface area contributed by atoms with Crippen LogP contribution in [0.4, 0.5) is 0 Å². The van der Waals surface area contributed by atoms with Crippen molar-refractivity contribution in [1.82, 2.24) is 5.48 Å². The first-order valence-corrected chi connectivity index (χ1v) is 4.27. The van der Waals surface area contributed by atoms with Gasteiger partial charge in [-0.1, -0.05) is 23.2 Å². The second-order valence-electron chi connectivity index (χ2n) is 2.31. The molecule has 0 atom stereocenters. The number of rotatable bonds is 1. The van der Waals surface area contributed by atoms with Crippen LogP contribution in [0.25, 0.3) is 0 Å². The van der Waals surface area contributed by atoms with E-state index in [1.165, 1.54) is 0 Å². The summed E-state index contributed by atoms with van der Waals surface area (Å²) in [6.07, 6.45) is 0. The zero-order chi connectivity index (χ0) is 9.84. The van der Waals surface area contributed by atoms with E-state index in [0.717, 1.165) is 0 Å². The molecule has 0 radical (unpaired) electrons. The van der Waals surface area contributed by atoms with Gasteiger partial charge in [0.25, 0.3) is 0 Å². The maximum Gasteiger partial charge on any atom is 0.153 e. The number of aliphatic imine (C=N–C) groups is 1. The molecular formula is C8H8Cl2N2O. The van der Waals surface area contributed by atoms with Gasteiger partial charge < -0.3 is 0 Å². The van der Waals surface area contributed by atoms with Gasteiger partial charge in [-0.05, 0) is 18.2 Å². The van der Waals surface area contributed by atoms with Crippen molar-refractivity contribution >= 4 is 29.0 Å². The molecule has 70 valence electrons. The fourth-order valence-electron chi connectivity index (χ4n) is 0.912. The summed E-state index contributed by atoms with van der Waals surface area (Å²) in [5, 5.41) is 9.68. The molecule has 0 heterocycles. The van der Waals surface area contributed by atoms with Crippen LogP contribution in [0.2, 0.25) is 10.0 Å². The Morgan fingerprint density at radius 3 is 2.62 bits per heavy atom. The minimum absolute atomic E-state index is 0.307. The Kier molecular flexibility index (Phi) is 3.54. The van der Waals surface area contributed by atoms with Gasteiger partial charge in [0.1, 0.15) is 0 Å². The predicted molar refractivity (Wildman–Crippen MR) is 53.8 cm³/mol. The lowest BCUT2D eigenvalue weighted by molar-refractivity contribution is 0.235. The number of amidine groups is 1. The van der Waals surface area contributed by atoms with Crippen molar-refractivity contribution in [2.75, 3.05) is 7.05 Å². The van der Waals surface area contributed by atoms with E-state index in [-0.39, 0.29) is 0 Å². The molecule has 0 saturated carbocycles. The normalized spacial score (nSPS) is 11.5. The lowest BCUT2D eigenvalue weighted by atomic mass is 10.2. The van der Waals surface area contributed by atoms with E-state index in [4.69, 9.17) is 28.4 Å². The molecular weight excluding hydrogens is 211 g/mol. The summed E-state index contributed by atoms with van der Waals surface area (Å²) in [5.41, 5.74) is 2.56. The number of nitrogens with zero attached hydrogens (tertiary/aromatic N) is 1. The van der Waals surface area contributed by atoms with Gasteiger partial charge in [-0.2, -0.15) is 0 Å². The number of hydroxylamine groups is 1. The Balaban J connectivity index is 3.15. The average molecular weight is 219 g/mol. The van der Waals surface area contributed by atoms with Gasteiger partial charge in [-0.25, -0.2) is 0 Å². The first-order chi connectivity index (χ1) is 6.19. The van der Waals surface area contributed by atoms with Crippen molar-refractivity contribution in [2.24, 2.45) is 4.99 Å². The third kappa shape index (κ3) is 2.34. The first-order valence-electron chi connectivity index (χ1n) is 3.51. The second kappa shape index (κ2) is 4.46. The van der Waals surface area contributed by atoms with Crippen molar-refractivity contribution in [1.29, 1.82) is 0 Å². The molecule has 0 aliphatic heterocycles. The van der Waals surface area contributed by atoms with Gasteiger partial charge in [-0.15, -0.1) is 0 Å². The van der Waals surface area contributed by atoms with Crippen molar-refractivity contribution in [2.45, 2.75) is 0 Å². The van der Waals surface area contributed by atoms with Crippen LogP contribution in [-0.4, -0.2) is 18.1 Å². The van der Waals surface area contributed by atoms with Crippen LogP contribution in [-0.2, 0) is 0 Å². The molecule has 2 N–H and O–H groups in total. The number of halogens is 2. The molecule has 0 aliphatic rings. The Morgan fingerprint density at radius 2 is 2.15 bits per heavy atom. The highest BCUT2D eigenvalue weighted by atomic mass is 35.5. The summed E-state index contributed by atoms with van der Waals surface area (Å²) in [5.74, 6) is 0.307. The topological polar surface area (TPSA) is 44.6 Å². The second-order valence-corrected chi connectivity index (χ2v) is 3.15. The van der Waals surface area contributed by atoms with Crippen molar-refractivity contribution in [3.05, 3.63) is 33.8 Å². The van der Waals surface area contributed by atoms with Crippen LogP contribution in [0, 0.1) is 0 Å². The molecule has 0 fully saturated rings. The standard InChI is InChI=1S/C8H8Cl2N2O/c1-11-8(12-13)6-3-2-5(9)4-7(6)10/h2-4,13H,1H3,(H,11,12). The summed E-state index contributed by atoms with van der Waals surface area (Å²) in [4.78, 5) is 3.80. The van der Waals surface area contributed by atoms with Gasteiger partial charge in [-0.3, -0.25) is 15.7 Å². The monoisotopic (exact) mass is 218 g/mol. The molecule has 0 aliphatic carbocycles. The fourth-order valence-corrected chi connectivity index (χ4v) is 1.41. The summed E-state index contributed by atoms with van der Waals surface area (Å²) in [6.45, 7) is 0. The molecule has 13 heavy (non-hydrogen) atoms. The number of hydrogen-bond acceptors (Lipinski definition) is 2. The van der Waals surface area contributed by atoms with Gasteiger partial charge in [0.2, 0.25) is 0 Å². The molecule has 0 saturated heterocycles. The lowest BCUT2D eigenvalue weighted by Gasteiger charge is -2.05. The van der Waals surface area contributed by atoms with Gasteiger partial charge >= 0.3 is 0 Å². The molecule has 5 heteroatoms. The van der Waals surface area contributed by atoms with E-state index in [9.17, 15) is 0 Å². The summed E-state index contributed by atoms with van der Waals surface area (Å²) in [7, 11) is 1.55. The lowest BCUT2D eigenvalue weighted by Crippen LogP contribution is -2.20. The van der Waals surface area contributed by atoms with E-state index in [1.54, 1.807) is 25.2 Å². The highest BCUT2D eigenvalue weighted by molar-refractivity contribution is 6.36. The molecule has 0 unspecified atom stereocenters.